The summed E-state index contributed by atoms with van der Waals surface area (Å²) >= 11 is 0. The zero-order chi connectivity index (χ0) is 15.2. The van der Waals surface area contributed by atoms with E-state index in [2.05, 4.69) is 83.4 Å². The van der Waals surface area contributed by atoms with Gasteiger partial charge in [-0.05, 0) is 30.2 Å². The van der Waals surface area contributed by atoms with Gasteiger partial charge in [0.2, 0.25) is 0 Å². The van der Waals surface area contributed by atoms with Gasteiger partial charge in [0.25, 0.3) is 0 Å². The van der Waals surface area contributed by atoms with Crippen LogP contribution in [0.15, 0.2) is 47.6 Å². The number of halogens is 1. The van der Waals surface area contributed by atoms with Crippen LogP contribution in [0.1, 0.15) is 16.8 Å². The lowest BCUT2D eigenvalue weighted by atomic mass is 10.1. The molecule has 2 aromatic rings. The molecule has 1 aromatic heterocycles. The summed E-state index contributed by atoms with van der Waals surface area (Å²) in [5, 5.41) is 3.42. The second kappa shape index (κ2) is 8.82. The molecule has 1 heterocycles. The number of hydrogen-bond donors (Lipinski definition) is 1. The highest BCUT2D eigenvalue weighted by atomic mass is 127. The molecule has 0 aliphatic heterocycles. The van der Waals surface area contributed by atoms with Gasteiger partial charge < -0.3 is 14.8 Å². The molecule has 0 aliphatic carbocycles. The van der Waals surface area contributed by atoms with Crippen molar-refractivity contribution in [2.75, 3.05) is 14.1 Å². The van der Waals surface area contributed by atoms with E-state index in [1.807, 2.05) is 7.05 Å². The molecule has 1 aromatic carbocycles. The van der Waals surface area contributed by atoms with E-state index in [-0.39, 0.29) is 24.0 Å². The Balaban J connectivity index is 0.00000242. The Morgan fingerprint density at radius 3 is 2.55 bits per heavy atom. The lowest BCUT2D eigenvalue weighted by Gasteiger charge is -2.22. The van der Waals surface area contributed by atoms with Crippen molar-refractivity contribution in [3.63, 3.8) is 0 Å². The quantitative estimate of drug-likeness (QED) is 0.476. The minimum Gasteiger partial charge on any atom is -0.353 e. The van der Waals surface area contributed by atoms with Crippen LogP contribution in [0.2, 0.25) is 0 Å². The first-order chi connectivity index (χ1) is 10.1. The first-order valence-electron chi connectivity index (χ1n) is 7.18. The second-order valence-corrected chi connectivity index (χ2v) is 5.29. The third-order valence-corrected chi connectivity index (χ3v) is 3.72. The van der Waals surface area contributed by atoms with E-state index in [1.165, 1.54) is 16.8 Å². The SMILES string of the molecule is CN=C(NCc1ccccc1C)N(C)Cc1cccn1C.I. The van der Waals surface area contributed by atoms with Gasteiger partial charge in [-0.25, -0.2) is 0 Å². The molecule has 0 atom stereocenters. The molecule has 0 bridgehead atoms. The van der Waals surface area contributed by atoms with Crippen LogP contribution in [0.5, 0.6) is 0 Å². The van der Waals surface area contributed by atoms with Crippen molar-refractivity contribution in [2.45, 2.75) is 20.0 Å². The fourth-order valence-corrected chi connectivity index (χ4v) is 2.35. The standard InChI is InChI=1S/C17H24N4.HI/c1-14-8-5-6-9-15(14)12-19-17(18-2)21(4)13-16-10-7-11-20(16)3;/h5-11H,12-13H2,1-4H3,(H,18,19);1H. The van der Waals surface area contributed by atoms with Crippen LogP contribution in [0.3, 0.4) is 0 Å². The zero-order valence-corrected chi connectivity index (χ0v) is 16.0. The van der Waals surface area contributed by atoms with Crippen LogP contribution in [0.4, 0.5) is 0 Å². The third-order valence-electron chi connectivity index (χ3n) is 3.72. The fourth-order valence-electron chi connectivity index (χ4n) is 2.35. The maximum absolute atomic E-state index is 4.37. The van der Waals surface area contributed by atoms with Crippen LogP contribution < -0.4 is 5.32 Å². The van der Waals surface area contributed by atoms with Gasteiger partial charge in [0, 0.05) is 39.6 Å². The lowest BCUT2D eigenvalue weighted by Crippen LogP contribution is -2.38. The van der Waals surface area contributed by atoms with Crippen molar-refractivity contribution in [3.8, 4) is 0 Å². The summed E-state index contributed by atoms with van der Waals surface area (Å²) in [5.74, 6) is 0.902. The predicted octanol–water partition coefficient (Wildman–Crippen LogP) is 3.16. The van der Waals surface area contributed by atoms with Crippen molar-refractivity contribution < 1.29 is 0 Å². The summed E-state index contributed by atoms with van der Waals surface area (Å²) in [4.78, 5) is 6.50. The molecule has 1 N–H and O–H groups in total. The highest BCUT2D eigenvalue weighted by Gasteiger charge is 2.08. The van der Waals surface area contributed by atoms with Gasteiger partial charge in [-0.3, -0.25) is 4.99 Å². The van der Waals surface area contributed by atoms with E-state index in [9.17, 15) is 0 Å². The number of aryl methyl sites for hydroxylation is 2. The molecule has 5 heteroatoms. The average molecular weight is 412 g/mol. The van der Waals surface area contributed by atoms with Gasteiger partial charge in [-0.2, -0.15) is 0 Å². The number of guanidine groups is 1. The van der Waals surface area contributed by atoms with Crippen LogP contribution >= 0.6 is 24.0 Å². The minimum absolute atomic E-state index is 0. The Bertz CT molecular complexity index is 619. The van der Waals surface area contributed by atoms with Crippen molar-refractivity contribution in [2.24, 2.45) is 12.0 Å². The van der Waals surface area contributed by atoms with E-state index < -0.39 is 0 Å². The maximum atomic E-state index is 4.37. The van der Waals surface area contributed by atoms with Crippen molar-refractivity contribution in [3.05, 3.63) is 59.4 Å². The molecule has 0 fully saturated rings. The number of rotatable bonds is 4. The molecule has 0 aliphatic rings. The molecule has 0 unspecified atom stereocenters. The smallest absolute Gasteiger partial charge is 0.194 e. The highest BCUT2D eigenvalue weighted by molar-refractivity contribution is 14.0. The number of benzene rings is 1. The van der Waals surface area contributed by atoms with Gasteiger partial charge in [0.15, 0.2) is 5.96 Å². The molecule has 120 valence electrons. The van der Waals surface area contributed by atoms with E-state index in [4.69, 9.17) is 0 Å². The van der Waals surface area contributed by atoms with Gasteiger partial charge in [-0.1, -0.05) is 24.3 Å². The largest absolute Gasteiger partial charge is 0.353 e. The number of aromatic nitrogens is 1. The van der Waals surface area contributed by atoms with Crippen LogP contribution in [0.25, 0.3) is 0 Å². The zero-order valence-electron chi connectivity index (χ0n) is 13.7. The summed E-state index contributed by atoms with van der Waals surface area (Å²) in [6.07, 6.45) is 2.06. The van der Waals surface area contributed by atoms with Gasteiger partial charge in [0.1, 0.15) is 0 Å². The lowest BCUT2D eigenvalue weighted by molar-refractivity contribution is 0.461. The maximum Gasteiger partial charge on any atom is 0.194 e. The second-order valence-electron chi connectivity index (χ2n) is 5.29. The van der Waals surface area contributed by atoms with Gasteiger partial charge in [-0.15, -0.1) is 24.0 Å². The molecule has 22 heavy (non-hydrogen) atoms. The van der Waals surface area contributed by atoms with Crippen LogP contribution in [0, 0.1) is 6.92 Å². The van der Waals surface area contributed by atoms with Gasteiger partial charge in [0.05, 0.1) is 6.54 Å². The normalized spacial score (nSPS) is 11.0. The highest BCUT2D eigenvalue weighted by Crippen LogP contribution is 2.07. The average Bonchev–Trinajstić information content (AvgIpc) is 2.87. The fraction of sp³-hybridized carbons (Fsp3) is 0.353. The van der Waals surface area contributed by atoms with Gasteiger partial charge >= 0.3 is 0 Å². The summed E-state index contributed by atoms with van der Waals surface area (Å²) in [6, 6.07) is 12.6. The Morgan fingerprint density at radius 1 is 1.23 bits per heavy atom. The molecule has 0 spiro atoms. The Labute approximate surface area is 150 Å². The molecular weight excluding hydrogens is 387 g/mol. The van der Waals surface area contributed by atoms with Crippen LogP contribution in [-0.2, 0) is 20.1 Å². The van der Waals surface area contributed by atoms with E-state index >= 15 is 0 Å². The Hall–Kier alpha value is -1.50. The predicted molar refractivity (Wildman–Crippen MR) is 104 cm³/mol. The summed E-state index contributed by atoms with van der Waals surface area (Å²) in [6.45, 7) is 3.75. The number of hydrogen-bond acceptors (Lipinski definition) is 1. The topological polar surface area (TPSA) is 32.6 Å². The molecule has 2 rings (SSSR count). The Kier molecular flexibility index (Phi) is 7.44. The first kappa shape index (κ1) is 18.5. The van der Waals surface area contributed by atoms with E-state index in [1.54, 1.807) is 0 Å². The van der Waals surface area contributed by atoms with Crippen molar-refractivity contribution in [1.82, 2.24) is 14.8 Å². The number of nitrogens with one attached hydrogen (secondary N) is 1. The number of nitrogens with zero attached hydrogens (tertiary/aromatic N) is 3. The molecule has 0 amide bonds. The molecule has 0 radical (unpaired) electrons. The minimum atomic E-state index is 0. The molecule has 4 nitrogen and oxygen atoms in total. The van der Waals surface area contributed by atoms with E-state index in [0.29, 0.717) is 0 Å². The van der Waals surface area contributed by atoms with Crippen LogP contribution in [-0.4, -0.2) is 29.5 Å². The first-order valence-corrected chi connectivity index (χ1v) is 7.18. The Morgan fingerprint density at radius 2 is 1.95 bits per heavy atom. The number of aliphatic imine (C=N–C) groups is 1. The molecule has 0 saturated carbocycles. The van der Waals surface area contributed by atoms with Crippen molar-refractivity contribution in [1.29, 1.82) is 0 Å². The van der Waals surface area contributed by atoms with Crippen molar-refractivity contribution >= 4 is 29.9 Å². The summed E-state index contributed by atoms with van der Waals surface area (Å²) in [5.41, 5.74) is 3.85. The molecular formula is C17H25IN4. The molecule has 0 saturated heterocycles. The summed E-state index contributed by atoms with van der Waals surface area (Å²) in [7, 11) is 5.94. The third kappa shape index (κ3) is 4.76. The monoisotopic (exact) mass is 412 g/mol. The summed E-state index contributed by atoms with van der Waals surface area (Å²) < 4.78 is 2.13. The van der Waals surface area contributed by atoms with E-state index in [0.717, 1.165) is 19.0 Å².